The van der Waals surface area contributed by atoms with Gasteiger partial charge < -0.3 is 5.32 Å². The molecule has 1 N–H and O–H groups in total. The Bertz CT molecular complexity index is 389. The average Bonchev–Trinajstić information content (AvgIpc) is 2.51. The summed E-state index contributed by atoms with van der Waals surface area (Å²) in [7, 11) is 0. The first-order chi connectivity index (χ1) is 10.2. The Morgan fingerprint density at radius 3 is 1.76 bits per heavy atom. The van der Waals surface area contributed by atoms with E-state index in [-0.39, 0.29) is 17.3 Å². The predicted molar refractivity (Wildman–Crippen MR) is 84.2 cm³/mol. The van der Waals surface area contributed by atoms with Gasteiger partial charge in [0, 0.05) is 18.5 Å². The molecule has 2 atom stereocenters. The highest BCUT2D eigenvalue weighted by molar-refractivity contribution is 5.13. The average molecular weight is 287 g/mol. The van der Waals surface area contributed by atoms with E-state index in [1.807, 2.05) is 0 Å². The molecule has 116 valence electrons. The summed E-state index contributed by atoms with van der Waals surface area (Å²) in [5.74, 6) is 0.0225. The standard InChI is InChI=1S/C18H29N3/c1-3-5-17(6-4-2)7-9-18(10-8-17)15(11-19)13-21-14-16(18)12-20/h15-16,21H,3-10,13-14H2,1-2H3. The molecule has 2 fully saturated rings. The van der Waals surface area contributed by atoms with Crippen LogP contribution >= 0.6 is 0 Å². The second-order valence-corrected chi connectivity index (χ2v) is 7.25. The van der Waals surface area contributed by atoms with Gasteiger partial charge in [0.05, 0.1) is 24.0 Å². The molecule has 0 amide bonds. The Hall–Kier alpha value is -1.06. The fraction of sp³-hybridized carbons (Fsp3) is 0.889. The Labute approximate surface area is 129 Å². The van der Waals surface area contributed by atoms with Crippen LogP contribution < -0.4 is 5.32 Å². The largest absolute Gasteiger partial charge is 0.314 e. The smallest absolute Gasteiger partial charge is 0.0675 e. The lowest BCUT2D eigenvalue weighted by Crippen LogP contribution is -2.53. The Morgan fingerprint density at radius 1 is 0.905 bits per heavy atom. The van der Waals surface area contributed by atoms with Crippen molar-refractivity contribution in [3.05, 3.63) is 0 Å². The van der Waals surface area contributed by atoms with E-state index in [9.17, 15) is 10.5 Å². The molecule has 21 heavy (non-hydrogen) atoms. The van der Waals surface area contributed by atoms with Crippen LogP contribution in [0.5, 0.6) is 0 Å². The van der Waals surface area contributed by atoms with Gasteiger partial charge in [0.15, 0.2) is 0 Å². The normalized spacial score (nSPS) is 30.5. The van der Waals surface area contributed by atoms with Gasteiger partial charge in [0.1, 0.15) is 0 Å². The van der Waals surface area contributed by atoms with Crippen LogP contribution in [0.1, 0.15) is 65.2 Å². The van der Waals surface area contributed by atoms with Gasteiger partial charge in [-0.2, -0.15) is 10.5 Å². The number of piperidine rings is 1. The first-order valence-corrected chi connectivity index (χ1v) is 8.66. The Kier molecular flexibility index (Phi) is 5.28. The van der Waals surface area contributed by atoms with E-state index in [0.717, 1.165) is 25.9 Å². The number of hydrogen-bond donors (Lipinski definition) is 1. The molecule has 2 unspecified atom stereocenters. The summed E-state index contributed by atoms with van der Waals surface area (Å²) in [5, 5.41) is 22.4. The van der Waals surface area contributed by atoms with E-state index in [2.05, 4.69) is 31.3 Å². The molecule has 2 rings (SSSR count). The van der Waals surface area contributed by atoms with Crippen molar-refractivity contribution in [1.82, 2.24) is 5.32 Å². The van der Waals surface area contributed by atoms with Gasteiger partial charge in [0.25, 0.3) is 0 Å². The van der Waals surface area contributed by atoms with Crippen molar-refractivity contribution in [2.45, 2.75) is 65.2 Å². The number of nitriles is 2. The molecule has 0 aromatic heterocycles. The van der Waals surface area contributed by atoms with Crippen molar-refractivity contribution in [3.8, 4) is 12.1 Å². The van der Waals surface area contributed by atoms with E-state index < -0.39 is 0 Å². The number of hydrogen-bond acceptors (Lipinski definition) is 3. The van der Waals surface area contributed by atoms with Crippen LogP contribution in [0.15, 0.2) is 0 Å². The summed E-state index contributed by atoms with van der Waals surface area (Å²) in [5.41, 5.74) is 0.444. The number of nitrogens with zero attached hydrogens (tertiary/aromatic N) is 2. The molecule has 3 heteroatoms. The topological polar surface area (TPSA) is 59.6 Å². The van der Waals surface area contributed by atoms with Crippen LogP contribution in [0.3, 0.4) is 0 Å². The predicted octanol–water partition coefficient (Wildman–Crippen LogP) is 4.02. The number of nitrogens with one attached hydrogen (secondary N) is 1. The molecule has 0 aromatic carbocycles. The monoisotopic (exact) mass is 287 g/mol. The van der Waals surface area contributed by atoms with Crippen LogP contribution in [-0.2, 0) is 0 Å². The van der Waals surface area contributed by atoms with Crippen molar-refractivity contribution in [2.24, 2.45) is 22.7 Å². The van der Waals surface area contributed by atoms with Crippen molar-refractivity contribution in [1.29, 1.82) is 10.5 Å². The molecule has 3 nitrogen and oxygen atoms in total. The highest BCUT2D eigenvalue weighted by Crippen LogP contribution is 2.56. The van der Waals surface area contributed by atoms with Crippen molar-refractivity contribution in [3.63, 3.8) is 0 Å². The van der Waals surface area contributed by atoms with Crippen molar-refractivity contribution in [2.75, 3.05) is 13.1 Å². The van der Waals surface area contributed by atoms with Gasteiger partial charge in [-0.05, 0) is 43.9 Å². The minimum absolute atomic E-state index is 0.0113. The number of rotatable bonds is 4. The first-order valence-electron chi connectivity index (χ1n) is 8.66. The summed E-state index contributed by atoms with van der Waals surface area (Å²) < 4.78 is 0. The summed E-state index contributed by atoms with van der Waals surface area (Å²) in [6.45, 7) is 6.09. The zero-order chi connectivity index (χ0) is 15.3. The van der Waals surface area contributed by atoms with Gasteiger partial charge in [-0.15, -0.1) is 0 Å². The summed E-state index contributed by atoms with van der Waals surface area (Å²) in [6, 6.07) is 5.01. The molecule has 2 aliphatic rings. The van der Waals surface area contributed by atoms with Crippen molar-refractivity contribution < 1.29 is 0 Å². The van der Waals surface area contributed by atoms with Gasteiger partial charge in [-0.1, -0.05) is 26.7 Å². The maximum Gasteiger partial charge on any atom is 0.0675 e. The second kappa shape index (κ2) is 6.80. The molecule has 1 aliphatic carbocycles. The third-order valence-corrected chi connectivity index (χ3v) is 6.20. The van der Waals surface area contributed by atoms with E-state index >= 15 is 0 Å². The van der Waals surface area contributed by atoms with Crippen LogP contribution in [0.2, 0.25) is 0 Å². The van der Waals surface area contributed by atoms with E-state index in [1.54, 1.807) is 0 Å². The summed E-state index contributed by atoms with van der Waals surface area (Å²) in [4.78, 5) is 0. The quantitative estimate of drug-likeness (QED) is 0.849. The van der Waals surface area contributed by atoms with E-state index in [1.165, 1.54) is 38.5 Å². The molecular formula is C18H29N3. The molecule has 1 spiro atoms. The lowest BCUT2D eigenvalue weighted by Gasteiger charge is -2.52. The Morgan fingerprint density at radius 2 is 1.38 bits per heavy atom. The first kappa shape index (κ1) is 16.3. The van der Waals surface area contributed by atoms with Gasteiger partial charge in [0.2, 0.25) is 0 Å². The minimum atomic E-state index is -0.0419. The lowest BCUT2D eigenvalue weighted by molar-refractivity contribution is -0.00899. The maximum atomic E-state index is 9.56. The SMILES string of the molecule is CCCC1(CCC)CCC2(CC1)C(C#N)CNCC2C#N. The Balaban J connectivity index is 2.19. The maximum absolute atomic E-state index is 9.56. The van der Waals surface area contributed by atoms with Crippen LogP contribution in [-0.4, -0.2) is 13.1 Å². The van der Waals surface area contributed by atoms with Crippen LogP contribution in [0.4, 0.5) is 0 Å². The molecular weight excluding hydrogens is 258 g/mol. The molecule has 1 heterocycles. The zero-order valence-electron chi connectivity index (χ0n) is 13.6. The molecule has 1 aliphatic heterocycles. The summed E-state index contributed by atoms with van der Waals surface area (Å²) in [6.07, 6.45) is 9.69. The third-order valence-electron chi connectivity index (χ3n) is 6.20. The molecule has 1 saturated carbocycles. The molecule has 0 radical (unpaired) electrons. The minimum Gasteiger partial charge on any atom is -0.314 e. The van der Waals surface area contributed by atoms with Crippen molar-refractivity contribution >= 4 is 0 Å². The van der Waals surface area contributed by atoms with Gasteiger partial charge in [-0.3, -0.25) is 0 Å². The van der Waals surface area contributed by atoms with Gasteiger partial charge in [-0.25, -0.2) is 0 Å². The fourth-order valence-electron chi connectivity index (χ4n) is 5.00. The van der Waals surface area contributed by atoms with E-state index in [4.69, 9.17) is 0 Å². The highest BCUT2D eigenvalue weighted by atomic mass is 14.9. The second-order valence-electron chi connectivity index (χ2n) is 7.25. The van der Waals surface area contributed by atoms with Gasteiger partial charge >= 0.3 is 0 Å². The lowest BCUT2D eigenvalue weighted by atomic mass is 9.52. The molecule has 0 aromatic rings. The zero-order valence-corrected chi connectivity index (χ0v) is 13.6. The fourth-order valence-corrected chi connectivity index (χ4v) is 5.00. The van der Waals surface area contributed by atoms with Crippen LogP contribution in [0, 0.1) is 45.3 Å². The molecule has 1 saturated heterocycles. The highest BCUT2D eigenvalue weighted by Gasteiger charge is 2.52. The van der Waals surface area contributed by atoms with E-state index in [0.29, 0.717) is 5.41 Å². The third kappa shape index (κ3) is 2.95. The molecule has 0 bridgehead atoms. The van der Waals surface area contributed by atoms with Crippen LogP contribution in [0.25, 0.3) is 0 Å². The summed E-state index contributed by atoms with van der Waals surface area (Å²) >= 11 is 0.